The van der Waals surface area contributed by atoms with Gasteiger partial charge in [-0.2, -0.15) is 0 Å². The summed E-state index contributed by atoms with van der Waals surface area (Å²) in [6, 6.07) is 17.6. The summed E-state index contributed by atoms with van der Waals surface area (Å²) in [6.07, 6.45) is 0.793. The van der Waals surface area contributed by atoms with Gasteiger partial charge < -0.3 is 10.1 Å². The number of sulfonamides is 1. The van der Waals surface area contributed by atoms with Crippen molar-refractivity contribution in [3.8, 4) is 5.75 Å². The normalized spacial score (nSPS) is 11.1. The monoisotopic (exact) mass is 492 g/mol. The minimum atomic E-state index is -3.74. The highest BCUT2D eigenvalue weighted by Crippen LogP contribution is 2.34. The maximum atomic E-state index is 12.9. The number of halogens is 2. The molecule has 0 aromatic heterocycles. The first kappa shape index (κ1) is 23.9. The van der Waals surface area contributed by atoms with Crippen LogP contribution in [-0.4, -0.2) is 28.0 Å². The van der Waals surface area contributed by atoms with Crippen LogP contribution >= 0.6 is 23.2 Å². The lowest BCUT2D eigenvalue weighted by Crippen LogP contribution is -2.26. The Labute approximate surface area is 197 Å². The summed E-state index contributed by atoms with van der Waals surface area (Å²) in [5.74, 6) is -0.100. The van der Waals surface area contributed by atoms with E-state index in [1.165, 1.54) is 47.8 Å². The van der Waals surface area contributed by atoms with Crippen LogP contribution in [0.1, 0.15) is 23.7 Å². The molecule has 0 radical (unpaired) electrons. The van der Waals surface area contributed by atoms with Gasteiger partial charge in [-0.1, -0.05) is 48.3 Å². The third-order valence-electron chi connectivity index (χ3n) is 4.60. The van der Waals surface area contributed by atoms with Crippen molar-refractivity contribution in [1.82, 2.24) is 0 Å². The highest BCUT2D eigenvalue weighted by Gasteiger charge is 2.21. The molecule has 0 unspecified atom stereocenters. The van der Waals surface area contributed by atoms with Gasteiger partial charge in [0.1, 0.15) is 0 Å². The molecular weight excluding hydrogens is 471 g/mol. The zero-order chi connectivity index (χ0) is 23.3. The Morgan fingerprint density at radius 2 is 1.59 bits per heavy atom. The number of hydrogen-bond acceptors (Lipinski definition) is 4. The fraction of sp³-hybridized carbons (Fsp3) is 0.174. The number of nitrogens with one attached hydrogen (secondary N) is 1. The fourth-order valence-corrected chi connectivity index (χ4v) is 4.67. The molecule has 3 rings (SSSR count). The first-order valence-corrected chi connectivity index (χ1v) is 12.0. The third-order valence-corrected chi connectivity index (χ3v) is 6.96. The van der Waals surface area contributed by atoms with Gasteiger partial charge in [-0.05, 0) is 55.0 Å². The number of ether oxygens (including phenoxy) is 1. The van der Waals surface area contributed by atoms with Crippen LogP contribution in [0, 0.1) is 0 Å². The van der Waals surface area contributed by atoms with Gasteiger partial charge in [0.15, 0.2) is 5.75 Å². The van der Waals surface area contributed by atoms with E-state index < -0.39 is 15.9 Å². The number of anilines is 2. The van der Waals surface area contributed by atoms with E-state index in [1.807, 2.05) is 13.0 Å². The predicted octanol–water partition coefficient (Wildman–Crippen LogP) is 5.86. The van der Waals surface area contributed by atoms with E-state index in [1.54, 1.807) is 24.3 Å². The quantitative estimate of drug-likeness (QED) is 0.427. The predicted molar refractivity (Wildman–Crippen MR) is 129 cm³/mol. The molecule has 0 aliphatic heterocycles. The minimum Gasteiger partial charge on any atom is -0.490 e. The molecule has 9 heteroatoms. The number of carbonyl (C=O) groups is 1. The van der Waals surface area contributed by atoms with Crippen LogP contribution in [0.25, 0.3) is 0 Å². The first-order valence-electron chi connectivity index (χ1n) is 9.81. The molecule has 3 aromatic rings. The SMILES string of the molecule is CCCOc1c(Cl)cc(C(=O)Nc2ccc(S(=O)(=O)N(C)c3ccccc3)cc2)cc1Cl. The van der Waals surface area contributed by atoms with Crippen molar-refractivity contribution in [2.75, 3.05) is 23.3 Å². The molecule has 0 aliphatic rings. The van der Waals surface area contributed by atoms with Gasteiger partial charge in [0, 0.05) is 18.3 Å². The van der Waals surface area contributed by atoms with Gasteiger partial charge in [-0.3, -0.25) is 9.10 Å². The van der Waals surface area contributed by atoms with Crippen molar-refractivity contribution in [1.29, 1.82) is 0 Å². The average molecular weight is 493 g/mol. The van der Waals surface area contributed by atoms with E-state index in [2.05, 4.69) is 5.32 Å². The Morgan fingerprint density at radius 1 is 1.00 bits per heavy atom. The van der Waals surface area contributed by atoms with Crippen molar-refractivity contribution >= 4 is 50.5 Å². The van der Waals surface area contributed by atoms with E-state index in [-0.39, 0.29) is 20.5 Å². The maximum Gasteiger partial charge on any atom is 0.264 e. The van der Waals surface area contributed by atoms with E-state index in [9.17, 15) is 13.2 Å². The van der Waals surface area contributed by atoms with Crippen LogP contribution in [0.15, 0.2) is 71.6 Å². The third kappa shape index (κ3) is 5.35. The van der Waals surface area contributed by atoms with Gasteiger partial charge in [-0.15, -0.1) is 0 Å². The summed E-state index contributed by atoms with van der Waals surface area (Å²) in [4.78, 5) is 12.7. The van der Waals surface area contributed by atoms with Crippen LogP contribution in [0.3, 0.4) is 0 Å². The Balaban J connectivity index is 1.75. The average Bonchev–Trinajstić information content (AvgIpc) is 2.79. The molecular formula is C23H22Cl2N2O4S. The van der Waals surface area contributed by atoms with Crippen molar-refractivity contribution in [2.45, 2.75) is 18.2 Å². The molecule has 32 heavy (non-hydrogen) atoms. The molecule has 6 nitrogen and oxygen atoms in total. The topological polar surface area (TPSA) is 75.7 Å². The summed E-state index contributed by atoms with van der Waals surface area (Å²) >= 11 is 12.4. The summed E-state index contributed by atoms with van der Waals surface area (Å²) in [5.41, 5.74) is 1.23. The number of carbonyl (C=O) groups excluding carboxylic acids is 1. The van der Waals surface area contributed by atoms with E-state index in [4.69, 9.17) is 27.9 Å². The van der Waals surface area contributed by atoms with Crippen molar-refractivity contribution in [3.63, 3.8) is 0 Å². The molecule has 1 amide bonds. The number of benzene rings is 3. The summed E-state index contributed by atoms with van der Waals surface area (Å²) in [7, 11) is -2.25. The minimum absolute atomic E-state index is 0.102. The lowest BCUT2D eigenvalue weighted by Gasteiger charge is -2.19. The van der Waals surface area contributed by atoms with Crippen LogP contribution in [0.4, 0.5) is 11.4 Å². The summed E-state index contributed by atoms with van der Waals surface area (Å²) in [5, 5.41) is 3.18. The number of hydrogen-bond donors (Lipinski definition) is 1. The molecule has 0 aliphatic carbocycles. The van der Waals surface area contributed by atoms with Crippen LogP contribution < -0.4 is 14.4 Å². The van der Waals surface area contributed by atoms with Gasteiger partial charge in [0.2, 0.25) is 0 Å². The smallest absolute Gasteiger partial charge is 0.264 e. The summed E-state index contributed by atoms with van der Waals surface area (Å²) < 4.78 is 32.4. The van der Waals surface area contributed by atoms with E-state index in [0.717, 1.165) is 6.42 Å². The van der Waals surface area contributed by atoms with Crippen LogP contribution in [-0.2, 0) is 10.0 Å². The standard InChI is InChI=1S/C23H22Cl2N2O4S/c1-3-13-31-22-20(24)14-16(15-21(22)25)23(28)26-17-9-11-19(12-10-17)32(29,30)27(2)18-7-5-4-6-8-18/h4-12,14-15H,3,13H2,1-2H3,(H,26,28). The summed E-state index contributed by atoms with van der Waals surface area (Å²) in [6.45, 7) is 2.42. The molecule has 1 N–H and O–H groups in total. The Bertz CT molecular complexity index is 1180. The van der Waals surface area contributed by atoms with Gasteiger partial charge in [-0.25, -0.2) is 8.42 Å². The highest BCUT2D eigenvalue weighted by molar-refractivity contribution is 7.92. The molecule has 0 bridgehead atoms. The molecule has 0 saturated heterocycles. The second kappa shape index (κ2) is 10.3. The molecule has 3 aromatic carbocycles. The lowest BCUT2D eigenvalue weighted by molar-refractivity contribution is 0.102. The zero-order valence-electron chi connectivity index (χ0n) is 17.5. The second-order valence-corrected chi connectivity index (χ2v) is 9.69. The van der Waals surface area contributed by atoms with Crippen molar-refractivity contribution in [2.24, 2.45) is 0 Å². The maximum absolute atomic E-state index is 12.9. The Kier molecular flexibility index (Phi) is 7.66. The molecule has 0 atom stereocenters. The van der Waals surface area contributed by atoms with Crippen molar-refractivity contribution in [3.05, 3.63) is 82.3 Å². The van der Waals surface area contributed by atoms with E-state index >= 15 is 0 Å². The van der Waals surface area contributed by atoms with Crippen LogP contribution in [0.5, 0.6) is 5.75 Å². The van der Waals surface area contributed by atoms with Gasteiger partial charge in [0.25, 0.3) is 15.9 Å². The van der Waals surface area contributed by atoms with Crippen molar-refractivity contribution < 1.29 is 17.9 Å². The number of nitrogens with zero attached hydrogens (tertiary/aromatic N) is 1. The fourth-order valence-electron chi connectivity index (χ4n) is 2.88. The molecule has 0 fully saturated rings. The lowest BCUT2D eigenvalue weighted by atomic mass is 10.2. The Hall–Kier alpha value is -2.74. The van der Waals surface area contributed by atoms with Gasteiger partial charge >= 0.3 is 0 Å². The first-order chi connectivity index (χ1) is 15.2. The van der Waals surface area contributed by atoms with Gasteiger partial charge in [0.05, 0.1) is 27.2 Å². The zero-order valence-corrected chi connectivity index (χ0v) is 19.8. The largest absolute Gasteiger partial charge is 0.490 e. The molecule has 168 valence electrons. The molecule has 0 spiro atoms. The number of amides is 1. The number of para-hydroxylation sites is 1. The molecule has 0 saturated carbocycles. The second-order valence-electron chi connectivity index (χ2n) is 6.90. The van der Waals surface area contributed by atoms with Crippen LogP contribution in [0.2, 0.25) is 10.0 Å². The molecule has 0 heterocycles. The highest BCUT2D eigenvalue weighted by atomic mass is 35.5. The van der Waals surface area contributed by atoms with E-state index in [0.29, 0.717) is 23.7 Å². The number of rotatable bonds is 8. The Morgan fingerprint density at radius 3 is 2.16 bits per heavy atom.